The van der Waals surface area contributed by atoms with Crippen molar-refractivity contribution in [3.8, 4) is 0 Å². The molecule has 0 N–H and O–H groups in total. The molecule has 0 atom stereocenters. The SMILES string of the molecule is CCn1nnc2c(N3CC(c4noc(C(F)(F)F)n4)C3)ncnc21. The first-order valence-corrected chi connectivity index (χ1v) is 7.17. The van der Waals surface area contributed by atoms with Gasteiger partial charge >= 0.3 is 12.1 Å². The van der Waals surface area contributed by atoms with Gasteiger partial charge in [-0.25, -0.2) is 14.6 Å². The molecule has 1 aliphatic heterocycles. The van der Waals surface area contributed by atoms with Crippen LogP contribution in [0, 0.1) is 0 Å². The van der Waals surface area contributed by atoms with E-state index >= 15 is 0 Å². The molecule has 0 unspecified atom stereocenters. The molecule has 126 valence electrons. The van der Waals surface area contributed by atoms with E-state index < -0.39 is 12.1 Å². The Hall–Kier alpha value is -2.79. The molecule has 0 bridgehead atoms. The highest BCUT2D eigenvalue weighted by atomic mass is 19.4. The summed E-state index contributed by atoms with van der Waals surface area (Å²) in [7, 11) is 0. The monoisotopic (exact) mass is 340 g/mol. The number of fused-ring (bicyclic) bond motifs is 1. The van der Waals surface area contributed by atoms with E-state index in [1.165, 1.54) is 6.33 Å². The Morgan fingerprint density at radius 2 is 2.08 bits per heavy atom. The lowest BCUT2D eigenvalue weighted by Crippen LogP contribution is -2.46. The van der Waals surface area contributed by atoms with Crippen LogP contribution in [-0.2, 0) is 12.7 Å². The van der Waals surface area contributed by atoms with Gasteiger partial charge in [-0.15, -0.1) is 5.10 Å². The van der Waals surface area contributed by atoms with E-state index in [2.05, 4.69) is 34.9 Å². The molecule has 0 radical (unpaired) electrons. The lowest BCUT2D eigenvalue weighted by Gasteiger charge is -2.38. The van der Waals surface area contributed by atoms with Gasteiger partial charge in [0.1, 0.15) is 6.33 Å². The zero-order valence-corrected chi connectivity index (χ0v) is 12.4. The van der Waals surface area contributed by atoms with Crippen molar-refractivity contribution in [2.45, 2.75) is 25.6 Å². The van der Waals surface area contributed by atoms with Gasteiger partial charge in [-0.1, -0.05) is 10.4 Å². The number of nitrogens with zero attached hydrogens (tertiary/aromatic N) is 8. The first-order chi connectivity index (χ1) is 11.5. The molecule has 9 nitrogen and oxygen atoms in total. The second kappa shape index (κ2) is 5.11. The number of aromatic nitrogens is 7. The fraction of sp³-hybridized carbons (Fsp3) is 0.500. The maximum Gasteiger partial charge on any atom is 0.471 e. The summed E-state index contributed by atoms with van der Waals surface area (Å²) in [6, 6.07) is 0. The number of anilines is 1. The molecule has 3 aromatic heterocycles. The van der Waals surface area contributed by atoms with Crippen molar-refractivity contribution < 1.29 is 17.7 Å². The van der Waals surface area contributed by atoms with Crippen LogP contribution in [0.25, 0.3) is 11.2 Å². The first kappa shape index (κ1) is 14.8. The molecule has 4 rings (SSSR count). The van der Waals surface area contributed by atoms with Crippen molar-refractivity contribution in [3.05, 3.63) is 18.0 Å². The number of halogens is 3. The Bertz CT molecular complexity index is 882. The van der Waals surface area contributed by atoms with Crippen molar-refractivity contribution in [2.24, 2.45) is 0 Å². The molecule has 0 amide bonds. The first-order valence-electron chi connectivity index (χ1n) is 7.17. The zero-order chi connectivity index (χ0) is 16.9. The van der Waals surface area contributed by atoms with Gasteiger partial charge < -0.3 is 9.42 Å². The minimum Gasteiger partial charge on any atom is -0.353 e. The van der Waals surface area contributed by atoms with Gasteiger partial charge in [0, 0.05) is 19.6 Å². The Morgan fingerprint density at radius 3 is 2.75 bits per heavy atom. The van der Waals surface area contributed by atoms with Gasteiger partial charge in [-0.3, -0.25) is 0 Å². The summed E-state index contributed by atoms with van der Waals surface area (Å²) < 4.78 is 43.4. The molecule has 24 heavy (non-hydrogen) atoms. The fourth-order valence-corrected chi connectivity index (χ4v) is 2.56. The van der Waals surface area contributed by atoms with E-state index in [9.17, 15) is 13.2 Å². The Morgan fingerprint density at radius 1 is 1.29 bits per heavy atom. The molecule has 3 aromatic rings. The Kier molecular flexibility index (Phi) is 3.15. The molecule has 0 spiro atoms. The van der Waals surface area contributed by atoms with Crippen molar-refractivity contribution in [1.82, 2.24) is 35.1 Å². The van der Waals surface area contributed by atoms with Crippen molar-refractivity contribution in [3.63, 3.8) is 0 Å². The Labute approximate surface area is 132 Å². The van der Waals surface area contributed by atoms with Crippen LogP contribution in [0.15, 0.2) is 10.9 Å². The second-order valence-electron chi connectivity index (χ2n) is 5.33. The number of rotatable bonds is 3. The van der Waals surface area contributed by atoms with Gasteiger partial charge in [0.2, 0.25) is 0 Å². The molecular formula is C12H11F3N8O. The summed E-state index contributed by atoms with van der Waals surface area (Å²) in [6.07, 6.45) is -3.22. The zero-order valence-electron chi connectivity index (χ0n) is 12.4. The van der Waals surface area contributed by atoms with Crippen LogP contribution in [0.3, 0.4) is 0 Å². The van der Waals surface area contributed by atoms with Crippen LogP contribution < -0.4 is 4.90 Å². The average molecular weight is 340 g/mol. The van der Waals surface area contributed by atoms with Crippen LogP contribution >= 0.6 is 0 Å². The summed E-state index contributed by atoms with van der Waals surface area (Å²) >= 11 is 0. The van der Waals surface area contributed by atoms with Crippen LogP contribution in [-0.4, -0.2) is 48.2 Å². The number of alkyl halides is 3. The summed E-state index contributed by atoms with van der Waals surface area (Å²) in [5.41, 5.74) is 1.17. The van der Waals surface area contributed by atoms with Gasteiger partial charge in [-0.05, 0) is 6.92 Å². The van der Waals surface area contributed by atoms with E-state index in [-0.39, 0.29) is 11.7 Å². The van der Waals surface area contributed by atoms with Crippen molar-refractivity contribution in [2.75, 3.05) is 18.0 Å². The lowest BCUT2D eigenvalue weighted by molar-refractivity contribution is -0.159. The van der Waals surface area contributed by atoms with E-state index in [0.717, 1.165) is 0 Å². The Balaban J connectivity index is 1.54. The highest BCUT2D eigenvalue weighted by molar-refractivity contribution is 5.83. The minimum atomic E-state index is -4.63. The van der Waals surface area contributed by atoms with Crippen molar-refractivity contribution >= 4 is 17.0 Å². The highest BCUT2D eigenvalue weighted by Gasteiger charge is 2.41. The predicted molar refractivity (Wildman–Crippen MR) is 73.0 cm³/mol. The lowest BCUT2D eigenvalue weighted by atomic mass is 9.99. The molecule has 0 saturated carbocycles. The van der Waals surface area contributed by atoms with Crippen LogP contribution in [0.1, 0.15) is 24.6 Å². The maximum atomic E-state index is 12.5. The van der Waals surface area contributed by atoms with Crippen LogP contribution in [0.5, 0.6) is 0 Å². The molecular weight excluding hydrogens is 329 g/mol. The predicted octanol–water partition coefficient (Wildman–Crippen LogP) is 1.25. The molecule has 0 aromatic carbocycles. The topological polar surface area (TPSA) is 98.7 Å². The van der Waals surface area contributed by atoms with Crippen LogP contribution in [0.2, 0.25) is 0 Å². The van der Waals surface area contributed by atoms with Gasteiger partial charge in [-0.2, -0.15) is 18.2 Å². The summed E-state index contributed by atoms with van der Waals surface area (Å²) in [5, 5.41) is 11.5. The summed E-state index contributed by atoms with van der Waals surface area (Å²) in [5.74, 6) is -0.945. The molecule has 0 aliphatic carbocycles. The fourth-order valence-electron chi connectivity index (χ4n) is 2.56. The minimum absolute atomic E-state index is 0.0427. The van der Waals surface area contributed by atoms with E-state index in [4.69, 9.17) is 0 Å². The standard InChI is InChI=1S/C12H11F3N8O/c1-2-23-10-7(19-21-23)9(16-5-17-10)22-3-6(4-22)8-18-11(24-20-8)12(13,14)15/h5-6H,2-4H2,1H3. The van der Waals surface area contributed by atoms with E-state index in [1.807, 2.05) is 11.8 Å². The number of hydrogen-bond donors (Lipinski definition) is 0. The highest BCUT2D eigenvalue weighted by Crippen LogP contribution is 2.34. The molecule has 4 heterocycles. The molecule has 1 saturated heterocycles. The maximum absolute atomic E-state index is 12.5. The molecule has 1 fully saturated rings. The van der Waals surface area contributed by atoms with Gasteiger partial charge in [0.15, 0.2) is 22.8 Å². The molecule has 12 heteroatoms. The van der Waals surface area contributed by atoms with Gasteiger partial charge in [0.25, 0.3) is 0 Å². The third kappa shape index (κ3) is 2.25. The van der Waals surface area contributed by atoms with Crippen molar-refractivity contribution in [1.29, 1.82) is 0 Å². The van der Waals surface area contributed by atoms with E-state index in [0.29, 0.717) is 36.6 Å². The molecule has 1 aliphatic rings. The third-order valence-corrected chi connectivity index (χ3v) is 3.81. The number of hydrogen-bond acceptors (Lipinski definition) is 8. The normalized spacial score (nSPS) is 15.9. The average Bonchev–Trinajstić information content (AvgIpc) is 3.12. The summed E-state index contributed by atoms with van der Waals surface area (Å²) in [4.78, 5) is 13.6. The van der Waals surface area contributed by atoms with E-state index in [1.54, 1.807) is 4.68 Å². The van der Waals surface area contributed by atoms with Crippen LogP contribution in [0.4, 0.5) is 19.0 Å². The third-order valence-electron chi connectivity index (χ3n) is 3.81. The second-order valence-corrected chi connectivity index (χ2v) is 5.33. The largest absolute Gasteiger partial charge is 0.471 e. The smallest absolute Gasteiger partial charge is 0.353 e. The number of aryl methyl sites for hydroxylation is 1. The summed E-state index contributed by atoms with van der Waals surface area (Å²) in [6.45, 7) is 3.38. The quantitative estimate of drug-likeness (QED) is 0.702. The van der Waals surface area contributed by atoms with Gasteiger partial charge in [0.05, 0.1) is 5.92 Å².